The molecule has 0 aromatic rings. The van der Waals surface area contributed by atoms with Gasteiger partial charge in [-0.25, -0.2) is 0 Å². The van der Waals surface area contributed by atoms with Crippen LogP contribution in [0.25, 0.3) is 0 Å². The van der Waals surface area contributed by atoms with Gasteiger partial charge in [0.2, 0.25) is 0 Å². The summed E-state index contributed by atoms with van der Waals surface area (Å²) < 4.78 is 1.97. The fourth-order valence-electron chi connectivity index (χ4n) is 5.79. The Labute approximate surface area is 281 Å². The minimum atomic E-state index is 0. The van der Waals surface area contributed by atoms with Gasteiger partial charge in [-0.2, -0.15) is 0 Å². The Kier molecular flexibility index (Phi) is 23.7. The third kappa shape index (κ3) is 15.2. The number of hydrogen-bond acceptors (Lipinski definition) is 6. The molecular weight excluding hydrogens is 763 g/mol. The minimum absolute atomic E-state index is 0. The molecule has 0 N–H and O–H groups in total. The minimum Gasteiger partial charge on any atom is -0.411 e. The van der Waals surface area contributed by atoms with Crippen molar-refractivity contribution in [2.24, 2.45) is 0 Å². The maximum Gasteiger partial charge on any atom is 3.00 e. The maximum absolute atomic E-state index is 5.04. The summed E-state index contributed by atoms with van der Waals surface area (Å²) in [6, 6.07) is 1.94. The van der Waals surface area contributed by atoms with Gasteiger partial charge in [0.1, 0.15) is 0 Å². The normalized spacial score (nSPS) is 18.6. The molecule has 3 nitrogen and oxygen atoms in total. The molecule has 0 bridgehead atoms. The van der Waals surface area contributed by atoms with Gasteiger partial charge in [0.25, 0.3) is 0 Å². The van der Waals surface area contributed by atoms with Crippen LogP contribution < -0.4 is 0 Å². The van der Waals surface area contributed by atoms with E-state index >= 15 is 0 Å². The summed E-state index contributed by atoms with van der Waals surface area (Å²) >= 11 is 30.2. The van der Waals surface area contributed by atoms with Crippen molar-refractivity contribution in [2.45, 2.75) is 135 Å². The van der Waals surface area contributed by atoms with Crippen LogP contribution in [0.5, 0.6) is 0 Å². The smallest absolute Gasteiger partial charge is 0.411 e. The number of rotatable bonds is 6. The topological polar surface area (TPSA) is 9.72 Å². The molecule has 0 aliphatic heterocycles. The van der Waals surface area contributed by atoms with E-state index in [1.807, 2.05) is 0 Å². The summed E-state index contributed by atoms with van der Waals surface area (Å²) in [6.45, 7) is 9.33. The van der Waals surface area contributed by atoms with Crippen molar-refractivity contribution in [2.75, 3.05) is 19.6 Å². The molecule has 3 saturated carbocycles. The molecule has 37 heavy (non-hydrogen) atoms. The standard InChI is InChI=1S/3C9H17NS2.Tl/c3*1-2-10(9(11)12)8-6-4-3-5-7-8;/h3*8H,2-7H2,1H3,(H,11,12);/q;;;+3/p-3. The fourth-order valence-corrected chi connectivity index (χ4v) is 7.46. The molecule has 0 aromatic carbocycles. The van der Waals surface area contributed by atoms with E-state index in [-0.39, 0.29) is 27.3 Å². The van der Waals surface area contributed by atoms with Crippen LogP contribution in [0.2, 0.25) is 0 Å². The van der Waals surface area contributed by atoms with Crippen molar-refractivity contribution in [1.29, 1.82) is 0 Å². The van der Waals surface area contributed by atoms with Crippen LogP contribution in [0.1, 0.15) is 117 Å². The van der Waals surface area contributed by atoms with Gasteiger partial charge < -0.3 is 89.2 Å². The molecule has 0 saturated heterocycles. The van der Waals surface area contributed by atoms with Gasteiger partial charge in [-0.1, -0.05) is 70.7 Å². The molecule has 3 aliphatic carbocycles. The molecular formula is C27H48N3S6Tl. The van der Waals surface area contributed by atoms with Crippen LogP contribution >= 0.6 is 36.7 Å². The first-order chi connectivity index (χ1) is 17.3. The third-order valence-corrected chi connectivity index (χ3v) is 9.18. The summed E-state index contributed by atoms with van der Waals surface area (Å²) in [4.78, 5) is 6.59. The molecule has 0 aromatic heterocycles. The molecule has 3 fully saturated rings. The Morgan fingerprint density at radius 2 is 0.676 bits per heavy atom. The van der Waals surface area contributed by atoms with Gasteiger partial charge in [0, 0.05) is 37.8 Å². The monoisotopic (exact) mass is 811 g/mol. The number of hydrogen-bond donors (Lipinski definition) is 0. The molecule has 0 heterocycles. The van der Waals surface area contributed by atoms with Crippen LogP contribution in [0.15, 0.2) is 0 Å². The molecule has 10 heteroatoms. The predicted octanol–water partition coefficient (Wildman–Crippen LogP) is 7.04. The van der Waals surface area contributed by atoms with Gasteiger partial charge in [-0.05, 0) is 59.3 Å². The van der Waals surface area contributed by atoms with E-state index in [1.54, 1.807) is 0 Å². The van der Waals surface area contributed by atoms with Gasteiger partial charge in [0.15, 0.2) is 0 Å². The zero-order valence-corrected chi connectivity index (χ0v) is 32.7. The SMILES string of the molecule is CCN(C(=S)[S-])C1CCCCC1.CCN(C(=S)[S-])C1CCCCC1.CCN(C(=S)[S-])C1CCCCC1.[Tl+3]. The second-order valence-electron chi connectivity index (χ2n) is 10.0. The second-order valence-corrected chi connectivity index (χ2v) is 13.1. The van der Waals surface area contributed by atoms with E-state index in [0.29, 0.717) is 31.1 Å². The molecule has 3 aliphatic rings. The Bertz CT molecular complexity index is 550. The van der Waals surface area contributed by atoms with Crippen LogP contribution in [-0.4, -0.2) is 92.7 Å². The molecule has 0 unspecified atom stereocenters. The molecule has 0 radical (unpaired) electrons. The van der Waals surface area contributed by atoms with E-state index in [4.69, 9.17) is 74.5 Å². The van der Waals surface area contributed by atoms with E-state index in [0.717, 1.165) is 19.6 Å². The predicted molar refractivity (Wildman–Crippen MR) is 183 cm³/mol. The van der Waals surface area contributed by atoms with Crippen molar-refractivity contribution in [1.82, 2.24) is 14.7 Å². The molecule has 0 amide bonds. The maximum atomic E-state index is 5.04. The summed E-state index contributed by atoms with van der Waals surface area (Å²) in [7, 11) is 0. The van der Waals surface area contributed by atoms with E-state index < -0.39 is 0 Å². The molecule has 0 spiro atoms. The van der Waals surface area contributed by atoms with Crippen LogP contribution in [0.4, 0.5) is 0 Å². The Hall–Kier alpha value is 1.25. The largest absolute Gasteiger partial charge is 3.00 e. The average molecular weight is 811 g/mol. The van der Waals surface area contributed by atoms with Crippen molar-refractivity contribution < 1.29 is 0 Å². The zero-order chi connectivity index (χ0) is 26.9. The van der Waals surface area contributed by atoms with Crippen molar-refractivity contribution in [3.63, 3.8) is 0 Å². The summed E-state index contributed by atoms with van der Waals surface area (Å²) in [5.74, 6) is 0. The quantitative estimate of drug-likeness (QED) is 0.158. The van der Waals surface area contributed by atoms with E-state index in [1.165, 1.54) is 96.3 Å². The van der Waals surface area contributed by atoms with Crippen LogP contribution in [0.3, 0.4) is 0 Å². The van der Waals surface area contributed by atoms with Crippen molar-refractivity contribution in [3.05, 3.63) is 0 Å². The fraction of sp³-hybridized carbons (Fsp3) is 0.889. The molecule has 3 rings (SSSR count). The van der Waals surface area contributed by atoms with E-state index in [9.17, 15) is 0 Å². The third-order valence-electron chi connectivity index (χ3n) is 7.77. The first kappa shape index (κ1) is 38.3. The molecule has 210 valence electrons. The Morgan fingerprint density at radius 1 is 0.486 bits per heavy atom. The summed E-state index contributed by atoms with van der Waals surface area (Å²) in [5.41, 5.74) is 0. The Balaban J connectivity index is 0.000000518. The Morgan fingerprint density at radius 3 is 0.811 bits per heavy atom. The van der Waals surface area contributed by atoms with Crippen molar-refractivity contribution >= 4 is 115 Å². The number of thiocarbonyl (C=S) groups is 3. The zero-order valence-electron chi connectivity index (χ0n) is 23.3. The summed E-state index contributed by atoms with van der Waals surface area (Å²) in [6.07, 6.45) is 19.9. The summed E-state index contributed by atoms with van der Waals surface area (Å²) in [5, 5.41) is 0. The van der Waals surface area contributed by atoms with Crippen molar-refractivity contribution in [3.8, 4) is 0 Å². The van der Waals surface area contributed by atoms with Gasteiger partial charge in [0.05, 0.1) is 0 Å². The van der Waals surface area contributed by atoms with E-state index in [2.05, 4.69) is 35.5 Å². The average Bonchev–Trinajstić information content (AvgIpc) is 2.87. The van der Waals surface area contributed by atoms with Gasteiger partial charge >= 0.3 is 27.3 Å². The first-order valence-corrected chi connectivity index (χ1v) is 16.6. The van der Waals surface area contributed by atoms with Gasteiger partial charge in [-0.3, -0.25) is 0 Å². The van der Waals surface area contributed by atoms with Gasteiger partial charge in [-0.15, -0.1) is 0 Å². The second kappa shape index (κ2) is 22.9. The number of nitrogens with zero attached hydrogens (tertiary/aromatic N) is 3. The van der Waals surface area contributed by atoms with Crippen LogP contribution in [0, 0.1) is 0 Å². The molecule has 0 atom stereocenters. The first-order valence-electron chi connectivity index (χ1n) is 14.2. The van der Waals surface area contributed by atoms with Crippen LogP contribution in [-0.2, 0) is 37.9 Å².